The van der Waals surface area contributed by atoms with Crippen molar-refractivity contribution in [3.8, 4) is 0 Å². The average Bonchev–Trinajstić information content (AvgIpc) is 2.72. The monoisotopic (exact) mass is 210 g/mol. The molecule has 0 radical (unpaired) electrons. The van der Waals surface area contributed by atoms with Crippen LogP contribution in [0.1, 0.15) is 18.3 Å². The highest BCUT2D eigenvalue weighted by Crippen LogP contribution is 2.11. The van der Waals surface area contributed by atoms with Crippen LogP contribution in [0.15, 0.2) is 6.33 Å². The second kappa shape index (κ2) is 4.41. The minimum atomic E-state index is -0.257. The van der Waals surface area contributed by atoms with E-state index in [4.69, 9.17) is 4.84 Å². The molecule has 1 aliphatic heterocycles. The van der Waals surface area contributed by atoms with Crippen LogP contribution < -0.4 is 10.8 Å². The minimum absolute atomic E-state index is 0.148. The highest BCUT2D eigenvalue weighted by molar-refractivity contribution is 5.81. The van der Waals surface area contributed by atoms with Crippen LogP contribution in [0.3, 0.4) is 0 Å². The highest BCUT2D eigenvalue weighted by atomic mass is 16.6. The van der Waals surface area contributed by atoms with E-state index < -0.39 is 0 Å². The predicted octanol–water partition coefficient (Wildman–Crippen LogP) is -0.508. The lowest BCUT2D eigenvalue weighted by Crippen LogP contribution is -2.47. The van der Waals surface area contributed by atoms with Crippen molar-refractivity contribution in [3.05, 3.63) is 17.7 Å². The molecule has 0 saturated heterocycles. The van der Waals surface area contributed by atoms with Crippen molar-refractivity contribution < 1.29 is 9.63 Å². The van der Waals surface area contributed by atoms with E-state index in [1.165, 1.54) is 0 Å². The summed E-state index contributed by atoms with van der Waals surface area (Å²) in [5.41, 5.74) is 4.39. The molecule has 0 aliphatic carbocycles. The van der Waals surface area contributed by atoms with Crippen molar-refractivity contribution >= 4 is 5.91 Å². The molecule has 0 spiro atoms. The zero-order valence-corrected chi connectivity index (χ0v) is 8.54. The summed E-state index contributed by atoms with van der Waals surface area (Å²) < 4.78 is 0. The Morgan fingerprint density at radius 3 is 3.47 bits per heavy atom. The Morgan fingerprint density at radius 1 is 1.80 bits per heavy atom. The summed E-state index contributed by atoms with van der Waals surface area (Å²) in [4.78, 5) is 23.6. The van der Waals surface area contributed by atoms with Crippen molar-refractivity contribution in [2.75, 3.05) is 6.61 Å². The number of hydrogen-bond acceptors (Lipinski definition) is 4. The molecule has 1 aromatic heterocycles. The van der Waals surface area contributed by atoms with Gasteiger partial charge in [-0.2, -0.15) is 0 Å². The molecular formula is C9H14N4O2. The number of aromatic amines is 1. The fourth-order valence-corrected chi connectivity index (χ4v) is 1.57. The van der Waals surface area contributed by atoms with Gasteiger partial charge in [0.25, 0.3) is 5.91 Å². The first-order valence-electron chi connectivity index (χ1n) is 4.97. The number of aromatic nitrogens is 2. The molecule has 3 N–H and O–H groups in total. The lowest BCUT2D eigenvalue weighted by atomic mass is 10.1. The van der Waals surface area contributed by atoms with E-state index in [0.29, 0.717) is 19.6 Å². The van der Waals surface area contributed by atoms with Gasteiger partial charge in [-0.25, -0.2) is 10.5 Å². The Balaban J connectivity index is 1.94. The number of rotatable bonds is 3. The first-order valence-corrected chi connectivity index (χ1v) is 4.97. The molecule has 1 amide bonds. The van der Waals surface area contributed by atoms with Gasteiger partial charge in [-0.1, -0.05) is 0 Å². The van der Waals surface area contributed by atoms with Gasteiger partial charge in [-0.05, 0) is 6.92 Å². The molecule has 6 heteroatoms. The molecule has 15 heavy (non-hydrogen) atoms. The summed E-state index contributed by atoms with van der Waals surface area (Å²) in [6.07, 6.45) is 2.24. The normalized spacial score (nSPS) is 19.7. The largest absolute Gasteiger partial charge is 0.347 e. The van der Waals surface area contributed by atoms with Gasteiger partial charge in [-0.15, -0.1) is 0 Å². The summed E-state index contributed by atoms with van der Waals surface area (Å²) in [5.74, 6) is -0.148. The molecule has 0 saturated carbocycles. The topological polar surface area (TPSA) is 79.0 Å². The number of imidazole rings is 1. The Hall–Kier alpha value is -1.40. The number of fused-ring (bicyclic) bond motifs is 1. The fourth-order valence-electron chi connectivity index (χ4n) is 1.57. The average molecular weight is 210 g/mol. The van der Waals surface area contributed by atoms with E-state index in [1.54, 1.807) is 6.33 Å². The molecule has 2 heterocycles. The van der Waals surface area contributed by atoms with E-state index in [0.717, 1.165) is 11.4 Å². The molecule has 82 valence electrons. The molecule has 0 aromatic carbocycles. The second-order valence-corrected chi connectivity index (χ2v) is 3.36. The van der Waals surface area contributed by atoms with E-state index >= 15 is 0 Å². The van der Waals surface area contributed by atoms with Crippen LogP contribution in [0.4, 0.5) is 0 Å². The van der Waals surface area contributed by atoms with Gasteiger partial charge >= 0.3 is 0 Å². The molecule has 6 nitrogen and oxygen atoms in total. The van der Waals surface area contributed by atoms with Crippen LogP contribution in [0.5, 0.6) is 0 Å². The maximum Gasteiger partial charge on any atom is 0.261 e. The smallest absolute Gasteiger partial charge is 0.261 e. The molecule has 1 unspecified atom stereocenters. The molecule has 0 bridgehead atoms. The molecule has 1 atom stereocenters. The second-order valence-electron chi connectivity index (χ2n) is 3.36. The lowest BCUT2D eigenvalue weighted by Gasteiger charge is -2.21. The van der Waals surface area contributed by atoms with E-state index in [9.17, 15) is 4.79 Å². The summed E-state index contributed by atoms with van der Waals surface area (Å²) in [6.45, 7) is 2.92. The quantitative estimate of drug-likeness (QED) is 0.587. The zero-order valence-electron chi connectivity index (χ0n) is 8.54. The SMILES string of the molecule is CCONC(=O)C1Cc2nc[nH]c2CN1. The zero-order chi connectivity index (χ0) is 10.7. The van der Waals surface area contributed by atoms with Crippen molar-refractivity contribution in [2.24, 2.45) is 0 Å². The van der Waals surface area contributed by atoms with Crippen LogP contribution in [-0.2, 0) is 22.6 Å². The third-order valence-electron chi connectivity index (χ3n) is 2.36. The maximum atomic E-state index is 11.6. The van der Waals surface area contributed by atoms with E-state index in [2.05, 4.69) is 20.8 Å². The number of nitrogens with one attached hydrogen (secondary N) is 3. The first-order chi connectivity index (χ1) is 7.31. The Morgan fingerprint density at radius 2 is 2.67 bits per heavy atom. The standard InChI is InChI=1S/C9H14N4O2/c1-2-15-13-9(14)7-3-6-8(4-10-7)12-5-11-6/h5,7,10H,2-4H2,1H3,(H,11,12)(H,13,14). The van der Waals surface area contributed by atoms with E-state index in [-0.39, 0.29) is 11.9 Å². The van der Waals surface area contributed by atoms with Gasteiger partial charge in [0.15, 0.2) is 0 Å². The summed E-state index contributed by atoms with van der Waals surface area (Å²) >= 11 is 0. The third-order valence-corrected chi connectivity index (χ3v) is 2.36. The fraction of sp³-hybridized carbons (Fsp3) is 0.556. The highest BCUT2D eigenvalue weighted by Gasteiger charge is 2.25. The number of carbonyl (C=O) groups is 1. The van der Waals surface area contributed by atoms with Crippen LogP contribution in [0.2, 0.25) is 0 Å². The van der Waals surface area contributed by atoms with Gasteiger partial charge in [0.2, 0.25) is 0 Å². The van der Waals surface area contributed by atoms with Gasteiger partial charge in [0.1, 0.15) is 0 Å². The number of H-pyrrole nitrogens is 1. The van der Waals surface area contributed by atoms with Crippen LogP contribution in [-0.4, -0.2) is 28.5 Å². The molecule has 2 rings (SSSR count). The number of carbonyl (C=O) groups excluding carboxylic acids is 1. The molecule has 1 aromatic rings. The molecular weight excluding hydrogens is 196 g/mol. The maximum absolute atomic E-state index is 11.6. The van der Waals surface area contributed by atoms with Gasteiger partial charge in [0, 0.05) is 13.0 Å². The van der Waals surface area contributed by atoms with Crippen molar-refractivity contribution in [1.82, 2.24) is 20.8 Å². The van der Waals surface area contributed by atoms with Gasteiger partial charge in [-0.3, -0.25) is 14.9 Å². The van der Waals surface area contributed by atoms with Crippen LogP contribution in [0, 0.1) is 0 Å². The van der Waals surface area contributed by atoms with E-state index in [1.807, 2.05) is 6.92 Å². The number of hydrogen-bond donors (Lipinski definition) is 3. The molecule has 0 fully saturated rings. The Kier molecular flexibility index (Phi) is 2.98. The Labute approximate surface area is 87.4 Å². The summed E-state index contributed by atoms with van der Waals surface area (Å²) in [6, 6.07) is -0.257. The minimum Gasteiger partial charge on any atom is -0.347 e. The number of nitrogens with zero attached hydrogens (tertiary/aromatic N) is 1. The van der Waals surface area contributed by atoms with Crippen molar-refractivity contribution in [1.29, 1.82) is 0 Å². The predicted molar refractivity (Wildman–Crippen MR) is 52.7 cm³/mol. The van der Waals surface area contributed by atoms with Crippen molar-refractivity contribution in [2.45, 2.75) is 25.9 Å². The summed E-state index contributed by atoms with van der Waals surface area (Å²) in [5, 5.41) is 3.11. The van der Waals surface area contributed by atoms with Gasteiger partial charge < -0.3 is 4.98 Å². The number of hydroxylamine groups is 1. The van der Waals surface area contributed by atoms with Crippen LogP contribution in [0.25, 0.3) is 0 Å². The summed E-state index contributed by atoms with van der Waals surface area (Å²) in [7, 11) is 0. The number of amides is 1. The van der Waals surface area contributed by atoms with Gasteiger partial charge in [0.05, 0.1) is 30.4 Å². The first kappa shape index (κ1) is 10.1. The Bertz CT molecular complexity index is 350. The third kappa shape index (κ3) is 2.16. The molecule has 1 aliphatic rings. The van der Waals surface area contributed by atoms with Crippen molar-refractivity contribution in [3.63, 3.8) is 0 Å². The lowest BCUT2D eigenvalue weighted by molar-refractivity contribution is -0.135. The van der Waals surface area contributed by atoms with Crippen LogP contribution >= 0.6 is 0 Å².